The lowest BCUT2D eigenvalue weighted by Crippen LogP contribution is -2.15. The highest BCUT2D eigenvalue weighted by molar-refractivity contribution is 7.15. The normalized spacial score (nSPS) is 13.7. The molecule has 1 N–H and O–H groups in total. The molecule has 1 aliphatic heterocycles. The van der Waals surface area contributed by atoms with Crippen molar-refractivity contribution in [2.24, 2.45) is 0 Å². The van der Waals surface area contributed by atoms with Gasteiger partial charge in [-0.05, 0) is 30.7 Å². The van der Waals surface area contributed by atoms with E-state index >= 15 is 0 Å². The summed E-state index contributed by atoms with van der Waals surface area (Å²) in [6.45, 7) is 3.11. The summed E-state index contributed by atoms with van der Waals surface area (Å²) in [5.74, 6) is 1.56. The second kappa shape index (κ2) is 4.59. The largest absolute Gasteiger partial charge is 0.486 e. The van der Waals surface area contributed by atoms with E-state index in [1.807, 2.05) is 25.1 Å². The number of hydrogen-bond donors (Lipinski definition) is 1. The lowest BCUT2D eigenvalue weighted by Gasteiger charge is -2.18. The SMILES string of the molecule is Cc1nc(CO)sc1-c1ccc2c(c1)OCCO2. The van der Waals surface area contributed by atoms with Gasteiger partial charge in [-0.3, -0.25) is 0 Å². The molecule has 0 fully saturated rings. The Labute approximate surface area is 109 Å². The fourth-order valence-corrected chi connectivity index (χ4v) is 2.89. The smallest absolute Gasteiger partial charge is 0.162 e. The lowest BCUT2D eigenvalue weighted by molar-refractivity contribution is 0.171. The number of aromatic nitrogens is 1. The highest BCUT2D eigenvalue weighted by Crippen LogP contribution is 2.37. The zero-order valence-electron chi connectivity index (χ0n) is 9.97. The second-order valence-electron chi connectivity index (χ2n) is 4.04. The van der Waals surface area contributed by atoms with E-state index < -0.39 is 0 Å². The van der Waals surface area contributed by atoms with Crippen LogP contribution >= 0.6 is 11.3 Å². The Morgan fingerprint density at radius 1 is 1.28 bits per heavy atom. The summed E-state index contributed by atoms with van der Waals surface area (Å²) in [5, 5.41) is 9.85. The number of fused-ring (bicyclic) bond motifs is 1. The average molecular weight is 263 g/mol. The van der Waals surface area contributed by atoms with Crippen LogP contribution < -0.4 is 9.47 Å². The highest BCUT2D eigenvalue weighted by atomic mass is 32.1. The Bertz CT molecular complexity index is 580. The Morgan fingerprint density at radius 2 is 2.06 bits per heavy atom. The summed E-state index contributed by atoms with van der Waals surface area (Å²) in [5.41, 5.74) is 1.98. The van der Waals surface area contributed by atoms with Gasteiger partial charge in [0.05, 0.1) is 17.2 Å². The lowest BCUT2D eigenvalue weighted by atomic mass is 10.1. The van der Waals surface area contributed by atoms with Gasteiger partial charge in [-0.2, -0.15) is 0 Å². The van der Waals surface area contributed by atoms with Gasteiger partial charge in [-0.25, -0.2) is 4.98 Å². The first-order chi connectivity index (χ1) is 8.78. The molecule has 0 bridgehead atoms. The Kier molecular flexibility index (Phi) is 2.93. The predicted molar refractivity (Wildman–Crippen MR) is 69.2 cm³/mol. The Hall–Kier alpha value is -1.59. The molecule has 0 saturated heterocycles. The molecule has 0 unspecified atom stereocenters. The van der Waals surface area contributed by atoms with Crippen LogP contribution in [0.1, 0.15) is 10.7 Å². The fraction of sp³-hybridized carbons (Fsp3) is 0.308. The summed E-state index contributed by atoms with van der Waals surface area (Å²) in [4.78, 5) is 5.38. The summed E-state index contributed by atoms with van der Waals surface area (Å²) in [7, 11) is 0. The molecule has 94 valence electrons. The molecule has 5 heteroatoms. The monoisotopic (exact) mass is 263 g/mol. The van der Waals surface area contributed by atoms with Crippen molar-refractivity contribution in [3.05, 3.63) is 28.9 Å². The molecule has 1 aliphatic rings. The molecule has 0 atom stereocenters. The van der Waals surface area contributed by atoms with Crippen molar-refractivity contribution >= 4 is 11.3 Å². The predicted octanol–water partition coefficient (Wildman–Crippen LogP) is 2.38. The number of aryl methyl sites for hydroxylation is 1. The van der Waals surface area contributed by atoms with Crippen LogP contribution in [0, 0.1) is 6.92 Å². The van der Waals surface area contributed by atoms with Crippen LogP contribution in [0.3, 0.4) is 0 Å². The summed E-state index contributed by atoms with van der Waals surface area (Å²) >= 11 is 1.51. The topological polar surface area (TPSA) is 51.6 Å². The second-order valence-corrected chi connectivity index (χ2v) is 5.12. The van der Waals surface area contributed by atoms with Crippen LogP contribution in [0.2, 0.25) is 0 Å². The third-order valence-corrected chi connectivity index (χ3v) is 3.97. The molecular weight excluding hydrogens is 250 g/mol. The number of hydrogen-bond acceptors (Lipinski definition) is 5. The van der Waals surface area contributed by atoms with Gasteiger partial charge in [0.1, 0.15) is 18.2 Å². The number of aliphatic hydroxyl groups excluding tert-OH is 1. The first-order valence-corrected chi connectivity index (χ1v) is 6.57. The van der Waals surface area contributed by atoms with Gasteiger partial charge in [0.2, 0.25) is 0 Å². The van der Waals surface area contributed by atoms with E-state index in [-0.39, 0.29) is 6.61 Å². The highest BCUT2D eigenvalue weighted by Gasteiger charge is 2.15. The molecular formula is C13H13NO3S. The van der Waals surface area contributed by atoms with Crippen LogP contribution in [0.4, 0.5) is 0 Å². The van der Waals surface area contributed by atoms with E-state index in [2.05, 4.69) is 4.98 Å². The zero-order valence-corrected chi connectivity index (χ0v) is 10.8. The van der Waals surface area contributed by atoms with Crippen molar-refractivity contribution in [3.63, 3.8) is 0 Å². The van der Waals surface area contributed by atoms with Gasteiger partial charge in [-0.1, -0.05) is 0 Å². The maximum Gasteiger partial charge on any atom is 0.162 e. The van der Waals surface area contributed by atoms with Gasteiger partial charge >= 0.3 is 0 Å². The van der Waals surface area contributed by atoms with E-state index in [0.29, 0.717) is 13.2 Å². The summed E-state index contributed by atoms with van der Waals surface area (Å²) < 4.78 is 11.1. The first kappa shape index (κ1) is 11.5. The summed E-state index contributed by atoms with van der Waals surface area (Å²) in [6.07, 6.45) is 0. The van der Waals surface area contributed by atoms with Crippen LogP contribution in [0.5, 0.6) is 11.5 Å². The number of benzene rings is 1. The molecule has 2 heterocycles. The molecule has 0 amide bonds. The minimum atomic E-state index is -0.0178. The Balaban J connectivity index is 2.03. The quantitative estimate of drug-likeness (QED) is 0.903. The first-order valence-electron chi connectivity index (χ1n) is 5.75. The van der Waals surface area contributed by atoms with Gasteiger partial charge in [0.25, 0.3) is 0 Å². The number of nitrogens with zero attached hydrogens (tertiary/aromatic N) is 1. The molecule has 0 aliphatic carbocycles. The van der Waals surface area contributed by atoms with Crippen molar-refractivity contribution in [1.29, 1.82) is 0 Å². The number of thiazole rings is 1. The number of ether oxygens (including phenoxy) is 2. The third kappa shape index (κ3) is 1.95. The minimum absolute atomic E-state index is 0.0178. The van der Waals surface area contributed by atoms with Crippen LogP contribution in [-0.2, 0) is 6.61 Å². The van der Waals surface area contributed by atoms with Crippen LogP contribution in [-0.4, -0.2) is 23.3 Å². The fourth-order valence-electron chi connectivity index (χ4n) is 1.97. The van der Waals surface area contributed by atoms with E-state index in [4.69, 9.17) is 14.6 Å². The van der Waals surface area contributed by atoms with Crippen LogP contribution in [0.15, 0.2) is 18.2 Å². The number of rotatable bonds is 2. The van der Waals surface area contributed by atoms with Crippen molar-refractivity contribution < 1.29 is 14.6 Å². The van der Waals surface area contributed by atoms with Crippen molar-refractivity contribution in [2.75, 3.05) is 13.2 Å². The molecule has 0 spiro atoms. The average Bonchev–Trinajstić information content (AvgIpc) is 2.79. The third-order valence-electron chi connectivity index (χ3n) is 2.78. The molecule has 4 nitrogen and oxygen atoms in total. The van der Waals surface area contributed by atoms with E-state index in [0.717, 1.165) is 32.6 Å². The minimum Gasteiger partial charge on any atom is -0.486 e. The van der Waals surface area contributed by atoms with Crippen molar-refractivity contribution in [3.8, 4) is 21.9 Å². The maximum absolute atomic E-state index is 9.12. The molecule has 18 heavy (non-hydrogen) atoms. The van der Waals surface area contributed by atoms with Gasteiger partial charge in [0.15, 0.2) is 11.5 Å². The van der Waals surface area contributed by atoms with Gasteiger partial charge < -0.3 is 14.6 Å². The van der Waals surface area contributed by atoms with Crippen molar-refractivity contribution in [1.82, 2.24) is 4.98 Å². The molecule has 1 aromatic heterocycles. The molecule has 2 aromatic rings. The molecule has 0 radical (unpaired) electrons. The van der Waals surface area contributed by atoms with E-state index in [9.17, 15) is 0 Å². The van der Waals surface area contributed by atoms with Gasteiger partial charge in [-0.15, -0.1) is 11.3 Å². The number of aliphatic hydroxyl groups is 1. The van der Waals surface area contributed by atoms with Crippen molar-refractivity contribution in [2.45, 2.75) is 13.5 Å². The summed E-state index contributed by atoms with van der Waals surface area (Å²) in [6, 6.07) is 5.88. The zero-order chi connectivity index (χ0) is 12.5. The van der Waals surface area contributed by atoms with Crippen LogP contribution in [0.25, 0.3) is 10.4 Å². The molecule has 1 aromatic carbocycles. The molecule has 0 saturated carbocycles. The van der Waals surface area contributed by atoms with E-state index in [1.165, 1.54) is 11.3 Å². The molecule has 3 rings (SSSR count). The van der Waals surface area contributed by atoms with E-state index in [1.54, 1.807) is 0 Å². The van der Waals surface area contributed by atoms with Gasteiger partial charge in [0, 0.05) is 0 Å². The standard InChI is InChI=1S/C13H13NO3S/c1-8-13(18-12(7-15)14-8)9-2-3-10-11(6-9)17-5-4-16-10/h2-3,6,15H,4-5,7H2,1H3. The maximum atomic E-state index is 9.12. The Morgan fingerprint density at radius 3 is 2.78 bits per heavy atom.